The second-order valence-corrected chi connectivity index (χ2v) is 4.99. The number of carbonyl (C=O) groups is 1. The van der Waals surface area contributed by atoms with Crippen LogP contribution >= 0.6 is 0 Å². The topological polar surface area (TPSA) is 32.3 Å². The Labute approximate surface area is 102 Å². The van der Waals surface area contributed by atoms with E-state index < -0.39 is 0 Å². The summed E-state index contributed by atoms with van der Waals surface area (Å²) in [5.74, 6) is 0.313. The summed E-state index contributed by atoms with van der Waals surface area (Å²) in [5.41, 5.74) is 2.54. The first-order valence-corrected chi connectivity index (χ1v) is 6.45. The van der Waals surface area contributed by atoms with Crippen LogP contribution in [-0.2, 0) is 11.2 Å². The smallest absolute Gasteiger partial charge is 0.224 e. The zero-order chi connectivity index (χ0) is 11.7. The Morgan fingerprint density at radius 3 is 2.82 bits per heavy atom. The molecule has 2 aliphatic heterocycles. The predicted molar refractivity (Wildman–Crippen MR) is 68.0 cm³/mol. The van der Waals surface area contributed by atoms with Gasteiger partial charge in [0.25, 0.3) is 0 Å². The third-order valence-electron chi connectivity index (χ3n) is 3.72. The molecule has 0 aliphatic carbocycles. The molecule has 2 aliphatic rings. The predicted octanol–water partition coefficient (Wildman–Crippen LogP) is 2.04. The molecule has 1 aromatic carbocycles. The van der Waals surface area contributed by atoms with Crippen LogP contribution < -0.4 is 5.32 Å². The minimum atomic E-state index is 0.292. The number of benzene rings is 1. The van der Waals surface area contributed by atoms with Gasteiger partial charge in [0, 0.05) is 31.2 Å². The second-order valence-electron chi connectivity index (χ2n) is 4.99. The zero-order valence-electron chi connectivity index (χ0n) is 9.98. The quantitative estimate of drug-likeness (QED) is 0.843. The summed E-state index contributed by atoms with van der Waals surface area (Å²) in [5, 5.41) is 3.44. The Balaban J connectivity index is 1.60. The maximum atomic E-state index is 12.0. The molecular formula is C14H18N2O. The van der Waals surface area contributed by atoms with Crippen molar-refractivity contribution in [1.82, 2.24) is 4.90 Å². The maximum Gasteiger partial charge on any atom is 0.224 e. The summed E-state index contributed by atoms with van der Waals surface area (Å²) in [4.78, 5) is 14.0. The van der Waals surface area contributed by atoms with E-state index in [9.17, 15) is 4.79 Å². The summed E-state index contributed by atoms with van der Waals surface area (Å²) in [7, 11) is 0. The molecule has 0 radical (unpaired) electrons. The van der Waals surface area contributed by atoms with E-state index in [1.165, 1.54) is 24.1 Å². The van der Waals surface area contributed by atoms with Gasteiger partial charge in [0.15, 0.2) is 0 Å². The lowest BCUT2D eigenvalue weighted by Crippen LogP contribution is -2.32. The SMILES string of the molecule is O=C(CC1Cc2ccccc2N1)N1CCCC1. The van der Waals surface area contributed by atoms with Crippen LogP contribution in [0.4, 0.5) is 5.69 Å². The average Bonchev–Trinajstić information content (AvgIpc) is 2.97. The van der Waals surface area contributed by atoms with Crippen molar-refractivity contribution in [3.05, 3.63) is 29.8 Å². The first-order valence-electron chi connectivity index (χ1n) is 6.45. The zero-order valence-corrected chi connectivity index (χ0v) is 9.98. The lowest BCUT2D eigenvalue weighted by atomic mass is 10.1. The molecule has 90 valence electrons. The fourth-order valence-electron chi connectivity index (χ4n) is 2.81. The molecule has 3 heteroatoms. The van der Waals surface area contributed by atoms with Crippen LogP contribution in [0.1, 0.15) is 24.8 Å². The van der Waals surface area contributed by atoms with Crippen molar-refractivity contribution < 1.29 is 4.79 Å². The van der Waals surface area contributed by atoms with E-state index in [4.69, 9.17) is 0 Å². The lowest BCUT2D eigenvalue weighted by Gasteiger charge is -2.18. The van der Waals surface area contributed by atoms with Crippen molar-refractivity contribution in [2.45, 2.75) is 31.7 Å². The molecule has 0 aromatic heterocycles. The first kappa shape index (κ1) is 10.6. The third kappa shape index (κ3) is 2.14. The molecule has 17 heavy (non-hydrogen) atoms. The summed E-state index contributed by atoms with van der Waals surface area (Å²) < 4.78 is 0. The summed E-state index contributed by atoms with van der Waals surface area (Å²) >= 11 is 0. The van der Waals surface area contributed by atoms with Crippen molar-refractivity contribution in [2.24, 2.45) is 0 Å². The Hall–Kier alpha value is -1.51. The number of likely N-dealkylation sites (tertiary alicyclic amines) is 1. The molecule has 1 amide bonds. The van der Waals surface area contributed by atoms with E-state index >= 15 is 0 Å². The largest absolute Gasteiger partial charge is 0.381 e. The van der Waals surface area contributed by atoms with E-state index in [-0.39, 0.29) is 0 Å². The standard InChI is InChI=1S/C14H18N2O/c17-14(16-7-3-4-8-16)10-12-9-11-5-1-2-6-13(11)15-12/h1-2,5-6,12,15H,3-4,7-10H2. The molecule has 0 spiro atoms. The van der Waals surface area contributed by atoms with Gasteiger partial charge in [-0.15, -0.1) is 0 Å². The lowest BCUT2D eigenvalue weighted by molar-refractivity contribution is -0.130. The Morgan fingerprint density at radius 2 is 2.06 bits per heavy atom. The molecule has 3 rings (SSSR count). The highest BCUT2D eigenvalue weighted by atomic mass is 16.2. The van der Waals surface area contributed by atoms with E-state index in [1.807, 2.05) is 11.0 Å². The Bertz CT molecular complexity index is 399. The molecule has 0 saturated carbocycles. The number of fused-ring (bicyclic) bond motifs is 1. The van der Waals surface area contributed by atoms with Gasteiger partial charge in [-0.1, -0.05) is 18.2 Å². The fraction of sp³-hybridized carbons (Fsp3) is 0.500. The van der Waals surface area contributed by atoms with Crippen LogP contribution in [0.5, 0.6) is 0 Å². The van der Waals surface area contributed by atoms with Crippen LogP contribution in [0.25, 0.3) is 0 Å². The van der Waals surface area contributed by atoms with Gasteiger partial charge in [0.05, 0.1) is 0 Å². The van der Waals surface area contributed by atoms with E-state index in [1.54, 1.807) is 0 Å². The average molecular weight is 230 g/mol. The van der Waals surface area contributed by atoms with E-state index in [0.717, 1.165) is 19.5 Å². The van der Waals surface area contributed by atoms with Gasteiger partial charge in [-0.2, -0.15) is 0 Å². The summed E-state index contributed by atoms with van der Waals surface area (Å²) in [6.45, 7) is 1.91. The normalized spacial score (nSPS) is 22.4. The highest BCUT2D eigenvalue weighted by Gasteiger charge is 2.25. The fourth-order valence-corrected chi connectivity index (χ4v) is 2.81. The minimum absolute atomic E-state index is 0.292. The Morgan fingerprint density at radius 1 is 1.29 bits per heavy atom. The van der Waals surface area contributed by atoms with Crippen LogP contribution in [0.2, 0.25) is 0 Å². The van der Waals surface area contributed by atoms with Crippen molar-refractivity contribution in [1.29, 1.82) is 0 Å². The van der Waals surface area contributed by atoms with Crippen molar-refractivity contribution >= 4 is 11.6 Å². The van der Waals surface area contributed by atoms with Crippen molar-refractivity contribution in [3.8, 4) is 0 Å². The number of para-hydroxylation sites is 1. The molecular weight excluding hydrogens is 212 g/mol. The van der Waals surface area contributed by atoms with Crippen molar-refractivity contribution in [2.75, 3.05) is 18.4 Å². The van der Waals surface area contributed by atoms with Crippen LogP contribution in [0.15, 0.2) is 24.3 Å². The first-order chi connectivity index (χ1) is 8.33. The van der Waals surface area contributed by atoms with Gasteiger partial charge in [-0.25, -0.2) is 0 Å². The number of anilines is 1. The molecule has 1 fully saturated rings. The molecule has 0 bridgehead atoms. The number of nitrogens with one attached hydrogen (secondary N) is 1. The number of hydrogen-bond acceptors (Lipinski definition) is 2. The number of amides is 1. The van der Waals surface area contributed by atoms with Gasteiger partial charge in [-0.05, 0) is 30.9 Å². The molecule has 3 nitrogen and oxygen atoms in total. The van der Waals surface area contributed by atoms with Crippen LogP contribution in [0, 0.1) is 0 Å². The van der Waals surface area contributed by atoms with Gasteiger partial charge in [0.2, 0.25) is 5.91 Å². The van der Waals surface area contributed by atoms with Gasteiger partial charge < -0.3 is 10.2 Å². The molecule has 1 aromatic rings. The van der Waals surface area contributed by atoms with Gasteiger partial charge >= 0.3 is 0 Å². The highest BCUT2D eigenvalue weighted by molar-refractivity contribution is 5.78. The second kappa shape index (κ2) is 4.40. The highest BCUT2D eigenvalue weighted by Crippen LogP contribution is 2.27. The molecule has 1 saturated heterocycles. The van der Waals surface area contributed by atoms with Gasteiger partial charge in [0.1, 0.15) is 0 Å². The number of hydrogen-bond donors (Lipinski definition) is 1. The van der Waals surface area contributed by atoms with E-state index in [2.05, 4.69) is 23.5 Å². The molecule has 1 unspecified atom stereocenters. The molecule has 2 heterocycles. The monoisotopic (exact) mass is 230 g/mol. The number of nitrogens with zero attached hydrogens (tertiary/aromatic N) is 1. The molecule has 1 N–H and O–H groups in total. The minimum Gasteiger partial charge on any atom is -0.381 e. The van der Waals surface area contributed by atoms with Gasteiger partial charge in [-0.3, -0.25) is 4.79 Å². The van der Waals surface area contributed by atoms with Crippen LogP contribution in [-0.4, -0.2) is 29.9 Å². The maximum absolute atomic E-state index is 12.0. The van der Waals surface area contributed by atoms with Crippen LogP contribution in [0.3, 0.4) is 0 Å². The Kier molecular flexibility index (Phi) is 2.75. The third-order valence-corrected chi connectivity index (χ3v) is 3.72. The summed E-state index contributed by atoms with van der Waals surface area (Å²) in [6.07, 6.45) is 3.96. The van der Waals surface area contributed by atoms with E-state index in [0.29, 0.717) is 18.4 Å². The summed E-state index contributed by atoms with van der Waals surface area (Å²) in [6, 6.07) is 8.63. The van der Waals surface area contributed by atoms with Crippen molar-refractivity contribution in [3.63, 3.8) is 0 Å². The molecule has 1 atom stereocenters. The number of carbonyl (C=O) groups excluding carboxylic acids is 1. The number of rotatable bonds is 2.